The molecule has 110 valence electrons. The normalized spacial score (nSPS) is 14.0. The lowest BCUT2D eigenvalue weighted by Crippen LogP contribution is -2.23. The molecule has 0 spiro atoms. The van der Waals surface area contributed by atoms with Crippen molar-refractivity contribution < 1.29 is 5.11 Å². The van der Waals surface area contributed by atoms with Gasteiger partial charge in [0.2, 0.25) is 0 Å². The van der Waals surface area contributed by atoms with E-state index in [1.54, 1.807) is 12.1 Å². The number of aromatic amines is 1. The van der Waals surface area contributed by atoms with E-state index in [-0.39, 0.29) is 11.3 Å². The van der Waals surface area contributed by atoms with Crippen LogP contribution in [0, 0.1) is 0 Å². The Bertz CT molecular complexity index is 707. The van der Waals surface area contributed by atoms with Gasteiger partial charge >= 0.3 is 0 Å². The van der Waals surface area contributed by atoms with Gasteiger partial charge in [-0.3, -0.25) is 4.79 Å². The molecule has 0 unspecified atom stereocenters. The Hall–Kier alpha value is -1.72. The fourth-order valence-electron chi connectivity index (χ4n) is 2.82. The number of aromatic nitrogens is 1. The van der Waals surface area contributed by atoms with Crippen LogP contribution in [0.1, 0.15) is 29.5 Å². The number of H-pyrrole nitrogens is 1. The molecule has 0 bridgehead atoms. The van der Waals surface area contributed by atoms with Crippen molar-refractivity contribution in [3.8, 4) is 5.75 Å². The van der Waals surface area contributed by atoms with E-state index in [2.05, 4.69) is 4.98 Å². The van der Waals surface area contributed by atoms with E-state index in [9.17, 15) is 9.90 Å². The molecule has 3 rings (SSSR count). The molecule has 0 fully saturated rings. The van der Waals surface area contributed by atoms with Crippen LogP contribution >= 0.6 is 11.8 Å². The second-order valence-electron chi connectivity index (χ2n) is 5.23. The fraction of sp³-hybridized carbons (Fsp3) is 0.312. The number of fused-ring (bicyclic) bond motifs is 1. The number of nitrogens with one attached hydrogen (secondary N) is 1. The topological polar surface area (TPSA) is 79.1 Å². The summed E-state index contributed by atoms with van der Waals surface area (Å²) in [6, 6.07) is 7.01. The van der Waals surface area contributed by atoms with E-state index in [0.717, 1.165) is 46.7 Å². The zero-order valence-corrected chi connectivity index (χ0v) is 12.5. The molecule has 0 saturated carbocycles. The summed E-state index contributed by atoms with van der Waals surface area (Å²) >= 11 is 1.54. The highest BCUT2D eigenvalue weighted by molar-refractivity contribution is 7.99. The predicted molar refractivity (Wildman–Crippen MR) is 83.8 cm³/mol. The van der Waals surface area contributed by atoms with E-state index >= 15 is 0 Å². The van der Waals surface area contributed by atoms with E-state index in [0.29, 0.717) is 6.54 Å². The van der Waals surface area contributed by atoms with Crippen molar-refractivity contribution in [2.24, 2.45) is 5.73 Å². The maximum atomic E-state index is 12.2. The third kappa shape index (κ3) is 2.84. The Morgan fingerprint density at radius 2 is 1.81 bits per heavy atom. The third-order valence-electron chi connectivity index (χ3n) is 3.87. The molecule has 5 heteroatoms. The summed E-state index contributed by atoms with van der Waals surface area (Å²) in [5.74, 6) is 0.244. The second kappa shape index (κ2) is 5.95. The van der Waals surface area contributed by atoms with Gasteiger partial charge in [-0.2, -0.15) is 0 Å². The summed E-state index contributed by atoms with van der Waals surface area (Å²) < 4.78 is 0. The minimum atomic E-state index is -0.0700. The number of nitrogens with two attached hydrogens (primary N) is 1. The Kier molecular flexibility index (Phi) is 4.03. The van der Waals surface area contributed by atoms with Crippen molar-refractivity contribution in [1.82, 2.24) is 4.98 Å². The Labute approximate surface area is 127 Å². The molecular weight excluding hydrogens is 284 g/mol. The SMILES string of the molecule is NCc1c2c(c(Sc3ccc(O)cc3)[nH]c1=O)CCCC2. The Balaban J connectivity index is 2.04. The minimum absolute atomic E-state index is 0.0700. The van der Waals surface area contributed by atoms with Crippen molar-refractivity contribution in [2.75, 3.05) is 0 Å². The highest BCUT2D eigenvalue weighted by Crippen LogP contribution is 2.34. The van der Waals surface area contributed by atoms with Crippen molar-refractivity contribution in [1.29, 1.82) is 0 Å². The molecule has 2 aromatic rings. The molecule has 1 aliphatic rings. The van der Waals surface area contributed by atoms with Crippen LogP contribution in [0.2, 0.25) is 0 Å². The standard InChI is InChI=1S/C16H18N2O2S/c17-9-14-12-3-1-2-4-13(12)16(18-15(14)20)21-11-7-5-10(19)6-8-11/h5-8,19H,1-4,9,17H2,(H,18,20). The highest BCUT2D eigenvalue weighted by atomic mass is 32.2. The van der Waals surface area contributed by atoms with Crippen LogP contribution in [0.5, 0.6) is 5.75 Å². The second-order valence-corrected chi connectivity index (χ2v) is 6.31. The predicted octanol–water partition coefficient (Wildman–Crippen LogP) is 2.57. The zero-order chi connectivity index (χ0) is 14.8. The molecule has 21 heavy (non-hydrogen) atoms. The summed E-state index contributed by atoms with van der Waals surface area (Å²) in [4.78, 5) is 16.2. The molecule has 1 aliphatic carbocycles. The van der Waals surface area contributed by atoms with Crippen LogP contribution < -0.4 is 11.3 Å². The minimum Gasteiger partial charge on any atom is -0.508 e. The van der Waals surface area contributed by atoms with Crippen molar-refractivity contribution >= 4 is 11.8 Å². The average Bonchev–Trinajstić information content (AvgIpc) is 2.50. The monoisotopic (exact) mass is 302 g/mol. The molecular formula is C16H18N2O2S. The van der Waals surface area contributed by atoms with Gasteiger partial charge in [-0.15, -0.1) is 0 Å². The first-order valence-corrected chi connectivity index (χ1v) is 7.94. The summed E-state index contributed by atoms with van der Waals surface area (Å²) in [7, 11) is 0. The number of phenolic OH excluding ortho intramolecular Hbond substituents is 1. The van der Waals surface area contributed by atoms with Crippen molar-refractivity contribution in [3.05, 3.63) is 51.3 Å². The van der Waals surface area contributed by atoms with Gasteiger partial charge in [0.05, 0.1) is 5.03 Å². The largest absolute Gasteiger partial charge is 0.508 e. The van der Waals surface area contributed by atoms with E-state index in [1.807, 2.05) is 12.1 Å². The maximum Gasteiger partial charge on any atom is 0.253 e. The van der Waals surface area contributed by atoms with Crippen LogP contribution in [0.15, 0.2) is 39.0 Å². The molecule has 1 aromatic heterocycles. The van der Waals surface area contributed by atoms with Gasteiger partial charge in [0.25, 0.3) is 5.56 Å². The van der Waals surface area contributed by atoms with Crippen LogP contribution in [-0.4, -0.2) is 10.1 Å². The molecule has 0 saturated heterocycles. The van der Waals surface area contributed by atoms with Gasteiger partial charge in [0.15, 0.2) is 0 Å². The summed E-state index contributed by atoms with van der Waals surface area (Å²) in [6.45, 7) is 0.293. The number of rotatable bonds is 3. The average molecular weight is 302 g/mol. The smallest absolute Gasteiger partial charge is 0.253 e. The number of aromatic hydroxyl groups is 1. The van der Waals surface area contributed by atoms with Crippen LogP contribution in [-0.2, 0) is 19.4 Å². The number of hydrogen-bond donors (Lipinski definition) is 3. The highest BCUT2D eigenvalue weighted by Gasteiger charge is 2.20. The van der Waals surface area contributed by atoms with E-state index < -0.39 is 0 Å². The summed E-state index contributed by atoms with van der Waals surface area (Å²) in [5, 5.41) is 10.3. The first-order valence-electron chi connectivity index (χ1n) is 7.13. The van der Waals surface area contributed by atoms with Gasteiger partial charge < -0.3 is 15.8 Å². The molecule has 0 amide bonds. The van der Waals surface area contributed by atoms with Crippen LogP contribution in [0.25, 0.3) is 0 Å². The van der Waals surface area contributed by atoms with Crippen molar-refractivity contribution in [2.45, 2.75) is 42.1 Å². The summed E-state index contributed by atoms with van der Waals surface area (Å²) in [6.07, 6.45) is 4.19. The molecule has 0 aliphatic heterocycles. The number of pyridine rings is 1. The Morgan fingerprint density at radius 1 is 1.14 bits per heavy atom. The molecule has 4 N–H and O–H groups in total. The van der Waals surface area contributed by atoms with Gasteiger partial charge in [-0.05, 0) is 61.1 Å². The quantitative estimate of drug-likeness (QED) is 0.814. The lowest BCUT2D eigenvalue weighted by Gasteiger charge is -2.21. The lowest BCUT2D eigenvalue weighted by molar-refractivity contribution is 0.475. The van der Waals surface area contributed by atoms with Gasteiger partial charge in [-0.25, -0.2) is 0 Å². The van der Waals surface area contributed by atoms with E-state index in [4.69, 9.17) is 5.73 Å². The Morgan fingerprint density at radius 3 is 2.48 bits per heavy atom. The first kappa shape index (κ1) is 14.2. The molecule has 1 heterocycles. The number of benzene rings is 1. The zero-order valence-electron chi connectivity index (χ0n) is 11.7. The lowest BCUT2D eigenvalue weighted by atomic mass is 9.90. The third-order valence-corrected chi connectivity index (χ3v) is 4.93. The maximum absolute atomic E-state index is 12.2. The van der Waals surface area contributed by atoms with Crippen LogP contribution in [0.4, 0.5) is 0 Å². The van der Waals surface area contributed by atoms with Crippen molar-refractivity contribution in [3.63, 3.8) is 0 Å². The molecule has 4 nitrogen and oxygen atoms in total. The van der Waals surface area contributed by atoms with Crippen LogP contribution in [0.3, 0.4) is 0 Å². The fourth-order valence-corrected chi connectivity index (χ4v) is 3.82. The van der Waals surface area contributed by atoms with Gasteiger partial charge in [0.1, 0.15) is 5.75 Å². The first-order chi connectivity index (χ1) is 10.2. The van der Waals surface area contributed by atoms with E-state index in [1.165, 1.54) is 17.3 Å². The van der Waals surface area contributed by atoms with Gasteiger partial charge in [-0.1, -0.05) is 11.8 Å². The molecule has 1 aromatic carbocycles. The number of phenols is 1. The summed E-state index contributed by atoms with van der Waals surface area (Å²) in [5.41, 5.74) is 8.79. The van der Waals surface area contributed by atoms with Gasteiger partial charge in [0, 0.05) is 17.0 Å². The molecule has 0 atom stereocenters. The molecule has 0 radical (unpaired) electrons. The number of hydrogen-bond acceptors (Lipinski definition) is 4.